The lowest BCUT2D eigenvalue weighted by Crippen LogP contribution is -2.51. The van der Waals surface area contributed by atoms with Crippen LogP contribution in [0.2, 0.25) is 0 Å². The van der Waals surface area contributed by atoms with Crippen molar-refractivity contribution in [1.82, 2.24) is 0 Å². The van der Waals surface area contributed by atoms with E-state index in [0.717, 1.165) is 24.8 Å². The molecule has 120 valence electrons. The summed E-state index contributed by atoms with van der Waals surface area (Å²) in [6.45, 7) is 8.13. The minimum Gasteiger partial charge on any atom is -0.392 e. The Balaban J connectivity index is 2.17. The van der Waals surface area contributed by atoms with Crippen LogP contribution in [0.25, 0.3) is 0 Å². The molecule has 22 heavy (non-hydrogen) atoms. The number of ketones is 2. The summed E-state index contributed by atoms with van der Waals surface area (Å²) in [5.74, 6) is -0.122. The Bertz CT molecular complexity index is 596. The van der Waals surface area contributed by atoms with Gasteiger partial charge in [-0.05, 0) is 36.2 Å². The van der Waals surface area contributed by atoms with Crippen molar-refractivity contribution in [2.24, 2.45) is 23.2 Å². The average molecular weight is 302 g/mol. The van der Waals surface area contributed by atoms with E-state index in [1.165, 1.54) is 0 Å². The first-order valence-electron chi connectivity index (χ1n) is 8.49. The molecule has 0 bridgehead atoms. The van der Waals surface area contributed by atoms with Gasteiger partial charge in [0.2, 0.25) is 11.6 Å². The highest BCUT2D eigenvalue weighted by Gasteiger charge is 2.53. The zero-order valence-electron chi connectivity index (χ0n) is 14.0. The Kier molecular flexibility index (Phi) is 3.67. The maximum absolute atomic E-state index is 12.8. The van der Waals surface area contributed by atoms with Gasteiger partial charge in [0, 0.05) is 16.6 Å². The van der Waals surface area contributed by atoms with Gasteiger partial charge >= 0.3 is 0 Å². The van der Waals surface area contributed by atoms with Crippen LogP contribution in [-0.2, 0) is 9.59 Å². The Morgan fingerprint density at radius 3 is 2.59 bits per heavy atom. The van der Waals surface area contributed by atoms with E-state index in [4.69, 9.17) is 0 Å². The smallest absolute Gasteiger partial charge is 0.230 e. The van der Waals surface area contributed by atoms with Crippen LogP contribution in [0.15, 0.2) is 22.8 Å². The molecule has 4 atom stereocenters. The summed E-state index contributed by atoms with van der Waals surface area (Å²) in [6, 6.07) is 0. The van der Waals surface area contributed by atoms with Crippen molar-refractivity contribution in [3.8, 4) is 0 Å². The Labute approximate surface area is 132 Å². The normalized spacial score (nSPS) is 38.8. The van der Waals surface area contributed by atoms with Crippen molar-refractivity contribution in [1.29, 1.82) is 0 Å². The van der Waals surface area contributed by atoms with Gasteiger partial charge in [0.15, 0.2) is 0 Å². The Morgan fingerprint density at radius 2 is 1.95 bits per heavy atom. The molecule has 0 aromatic heterocycles. The van der Waals surface area contributed by atoms with Gasteiger partial charge in [-0.3, -0.25) is 9.59 Å². The van der Waals surface area contributed by atoms with Crippen molar-refractivity contribution in [2.45, 2.75) is 59.5 Å². The van der Waals surface area contributed by atoms with E-state index in [1.807, 2.05) is 19.9 Å². The third-order valence-corrected chi connectivity index (χ3v) is 6.09. The van der Waals surface area contributed by atoms with E-state index in [0.29, 0.717) is 23.5 Å². The number of hydrogen-bond donors (Lipinski definition) is 1. The van der Waals surface area contributed by atoms with Gasteiger partial charge in [-0.1, -0.05) is 46.6 Å². The van der Waals surface area contributed by atoms with Crippen molar-refractivity contribution in [2.75, 3.05) is 0 Å². The molecule has 1 fully saturated rings. The van der Waals surface area contributed by atoms with Crippen molar-refractivity contribution >= 4 is 11.6 Å². The van der Waals surface area contributed by atoms with Gasteiger partial charge in [-0.25, -0.2) is 0 Å². The van der Waals surface area contributed by atoms with Crippen LogP contribution < -0.4 is 0 Å². The van der Waals surface area contributed by atoms with Crippen LogP contribution in [0.3, 0.4) is 0 Å². The van der Waals surface area contributed by atoms with E-state index >= 15 is 0 Å². The molecule has 3 heteroatoms. The quantitative estimate of drug-likeness (QED) is 0.597. The van der Waals surface area contributed by atoms with E-state index in [1.54, 1.807) is 0 Å². The molecule has 0 spiro atoms. The van der Waals surface area contributed by atoms with Crippen molar-refractivity contribution in [3.63, 3.8) is 0 Å². The molecule has 0 radical (unpaired) electrons. The molecule has 0 aliphatic heterocycles. The maximum atomic E-state index is 12.8. The summed E-state index contributed by atoms with van der Waals surface area (Å²) < 4.78 is 0. The molecule has 0 saturated heterocycles. The summed E-state index contributed by atoms with van der Waals surface area (Å²) in [7, 11) is 0. The number of aliphatic hydroxyl groups excluding tert-OH is 1. The number of aliphatic hydroxyl groups is 1. The standard InChI is InChI=1S/C19H26O3/c1-10(2)13-8-12-9-14(20)15-11(3)6-5-7-19(15,4)16(12)18(22)17(13)21/h8,10-11,14-15,20H,5-7,9H2,1-4H3/t11?,14-,15?,19?/m0/s1. The second-order valence-corrected chi connectivity index (χ2v) is 7.90. The third kappa shape index (κ3) is 2.05. The van der Waals surface area contributed by atoms with Gasteiger partial charge in [-0.2, -0.15) is 0 Å². The van der Waals surface area contributed by atoms with Gasteiger partial charge in [0.05, 0.1) is 6.10 Å². The Hall–Kier alpha value is -1.22. The molecule has 1 N–H and O–H groups in total. The number of fused-ring (bicyclic) bond motifs is 2. The minimum atomic E-state index is -0.412. The molecular weight excluding hydrogens is 276 g/mol. The van der Waals surface area contributed by atoms with Crippen LogP contribution in [0.4, 0.5) is 0 Å². The molecule has 0 aromatic carbocycles. The fourth-order valence-corrected chi connectivity index (χ4v) is 5.15. The molecule has 1 saturated carbocycles. The van der Waals surface area contributed by atoms with Crippen LogP contribution in [0.5, 0.6) is 0 Å². The summed E-state index contributed by atoms with van der Waals surface area (Å²) >= 11 is 0. The highest BCUT2D eigenvalue weighted by molar-refractivity contribution is 6.50. The fraction of sp³-hybridized carbons (Fsp3) is 0.684. The topological polar surface area (TPSA) is 54.4 Å². The molecule has 0 amide bonds. The molecule has 3 rings (SSSR count). The molecular formula is C19H26O3. The number of carbonyl (C=O) groups excluding carboxylic acids is 2. The highest BCUT2D eigenvalue weighted by Crippen LogP contribution is 2.56. The molecule has 0 heterocycles. The van der Waals surface area contributed by atoms with Crippen LogP contribution >= 0.6 is 0 Å². The first kappa shape index (κ1) is 15.7. The molecule has 3 unspecified atom stereocenters. The average Bonchev–Trinajstić information content (AvgIpc) is 2.41. The first-order valence-corrected chi connectivity index (χ1v) is 8.49. The Morgan fingerprint density at radius 1 is 1.27 bits per heavy atom. The monoisotopic (exact) mass is 302 g/mol. The molecule has 3 aliphatic rings. The fourth-order valence-electron chi connectivity index (χ4n) is 5.15. The van der Waals surface area contributed by atoms with Gasteiger partial charge in [-0.15, -0.1) is 0 Å². The van der Waals surface area contributed by atoms with Gasteiger partial charge in [0.1, 0.15) is 0 Å². The van der Waals surface area contributed by atoms with E-state index in [2.05, 4.69) is 13.8 Å². The lowest BCUT2D eigenvalue weighted by atomic mass is 9.52. The summed E-state index contributed by atoms with van der Waals surface area (Å²) in [5.41, 5.74) is 1.87. The number of allylic oxidation sites excluding steroid dienone is 3. The SMILES string of the molecule is CC(C)C1=CC2=C(C(=O)C1=O)C1(C)CCCC(C)C1[C@@H](O)C2. The lowest BCUT2D eigenvalue weighted by molar-refractivity contribution is -0.134. The van der Waals surface area contributed by atoms with Crippen molar-refractivity contribution in [3.05, 3.63) is 22.8 Å². The highest BCUT2D eigenvalue weighted by atomic mass is 16.3. The molecule has 0 aromatic rings. The molecule has 3 aliphatic carbocycles. The van der Waals surface area contributed by atoms with E-state index in [-0.39, 0.29) is 28.8 Å². The largest absolute Gasteiger partial charge is 0.392 e. The predicted octanol–water partition coefficient (Wildman–Crippen LogP) is 3.22. The molecule has 3 nitrogen and oxygen atoms in total. The second-order valence-electron chi connectivity index (χ2n) is 7.90. The number of carbonyl (C=O) groups is 2. The van der Waals surface area contributed by atoms with Crippen LogP contribution in [-0.4, -0.2) is 22.8 Å². The lowest BCUT2D eigenvalue weighted by Gasteiger charge is -2.52. The number of Topliss-reactive ketones (excluding diaryl/α,β-unsaturated/α-hetero) is 2. The van der Waals surface area contributed by atoms with Crippen molar-refractivity contribution < 1.29 is 14.7 Å². The van der Waals surface area contributed by atoms with Crippen LogP contribution in [0.1, 0.15) is 53.4 Å². The van der Waals surface area contributed by atoms with Gasteiger partial charge in [0.25, 0.3) is 0 Å². The summed E-state index contributed by atoms with van der Waals surface area (Å²) in [6.07, 6.45) is 5.03. The summed E-state index contributed by atoms with van der Waals surface area (Å²) in [5, 5.41) is 10.7. The second kappa shape index (κ2) is 5.16. The van der Waals surface area contributed by atoms with E-state index in [9.17, 15) is 14.7 Å². The van der Waals surface area contributed by atoms with E-state index < -0.39 is 6.10 Å². The number of rotatable bonds is 1. The van der Waals surface area contributed by atoms with Gasteiger partial charge < -0.3 is 5.11 Å². The van der Waals surface area contributed by atoms with Crippen LogP contribution in [0, 0.1) is 23.2 Å². The minimum absolute atomic E-state index is 0.0402. The first-order chi connectivity index (χ1) is 10.3. The predicted molar refractivity (Wildman–Crippen MR) is 85.2 cm³/mol. The third-order valence-electron chi connectivity index (χ3n) is 6.09. The zero-order chi connectivity index (χ0) is 16.2. The maximum Gasteiger partial charge on any atom is 0.230 e. The zero-order valence-corrected chi connectivity index (χ0v) is 14.0. The summed E-state index contributed by atoms with van der Waals surface area (Å²) in [4.78, 5) is 25.3. The number of hydrogen-bond acceptors (Lipinski definition) is 3.